The number of likely N-dealkylation sites (tertiary alicyclic amines) is 1. The van der Waals surface area contributed by atoms with Crippen LogP contribution in [-0.2, 0) is 11.3 Å². The molecule has 162 valence electrons. The third-order valence-corrected chi connectivity index (χ3v) is 6.64. The maximum Gasteiger partial charge on any atom is 0.233 e. The zero-order valence-electron chi connectivity index (χ0n) is 18.2. The van der Waals surface area contributed by atoms with E-state index in [1.807, 2.05) is 45.0 Å². The van der Waals surface area contributed by atoms with E-state index >= 15 is 0 Å². The van der Waals surface area contributed by atoms with Crippen LogP contribution < -0.4 is 5.32 Å². The molecule has 0 saturated carbocycles. The predicted octanol–water partition coefficient (Wildman–Crippen LogP) is 3.15. The molecule has 1 saturated heterocycles. The number of nitrogens with zero attached hydrogens (tertiary/aromatic N) is 5. The van der Waals surface area contributed by atoms with Crippen LogP contribution in [0.3, 0.4) is 0 Å². The Balaban J connectivity index is 1.35. The molecule has 0 radical (unpaired) electrons. The third-order valence-electron chi connectivity index (χ3n) is 5.61. The summed E-state index contributed by atoms with van der Waals surface area (Å²) in [5.41, 5.74) is 4.46. The number of carbonyl (C=O) groups excluding carboxylic acids is 1. The lowest BCUT2D eigenvalue weighted by Crippen LogP contribution is -2.40. The fourth-order valence-corrected chi connectivity index (χ4v) is 4.80. The summed E-state index contributed by atoms with van der Waals surface area (Å²) >= 11 is 1.39. The lowest BCUT2D eigenvalue weighted by Gasteiger charge is -2.18. The average molecular weight is 437 g/mol. The van der Waals surface area contributed by atoms with E-state index in [1.165, 1.54) is 17.3 Å². The van der Waals surface area contributed by atoms with Gasteiger partial charge in [-0.2, -0.15) is 4.68 Å². The normalized spacial score (nSPS) is 17.6. The summed E-state index contributed by atoms with van der Waals surface area (Å²) in [7, 11) is 0. The minimum Gasteiger partial charge on any atom is -0.351 e. The average Bonchev–Trinajstić information content (AvgIpc) is 3.38. The summed E-state index contributed by atoms with van der Waals surface area (Å²) in [5, 5.41) is 15.7. The predicted molar refractivity (Wildman–Crippen MR) is 122 cm³/mol. The Morgan fingerprint density at radius 2 is 1.90 bits per heavy atom. The zero-order chi connectivity index (χ0) is 21.8. The molecule has 0 aliphatic carbocycles. The van der Waals surface area contributed by atoms with Gasteiger partial charge >= 0.3 is 0 Å². The summed E-state index contributed by atoms with van der Waals surface area (Å²) < 4.78 is 1.73. The molecule has 8 heteroatoms. The Morgan fingerprint density at radius 1 is 1.16 bits per heavy atom. The zero-order valence-corrected chi connectivity index (χ0v) is 19.0. The van der Waals surface area contributed by atoms with Crippen LogP contribution in [0.2, 0.25) is 0 Å². The highest BCUT2D eigenvalue weighted by Crippen LogP contribution is 2.26. The van der Waals surface area contributed by atoms with Gasteiger partial charge in [0.1, 0.15) is 0 Å². The molecule has 2 atom stereocenters. The SMILES string of the molecule is Cc1cccc(C)c1-n1nnnc1SC(C)C(=O)NC1CCN(Cc2ccccc2)C1. The van der Waals surface area contributed by atoms with Crippen LogP contribution in [0.5, 0.6) is 0 Å². The highest BCUT2D eigenvalue weighted by atomic mass is 32.2. The van der Waals surface area contributed by atoms with E-state index in [1.54, 1.807) is 4.68 Å². The fraction of sp³-hybridized carbons (Fsp3) is 0.391. The van der Waals surface area contributed by atoms with Crippen LogP contribution in [0.25, 0.3) is 5.69 Å². The van der Waals surface area contributed by atoms with E-state index in [4.69, 9.17) is 0 Å². The van der Waals surface area contributed by atoms with Gasteiger partial charge in [0, 0.05) is 25.7 Å². The van der Waals surface area contributed by atoms with Gasteiger partial charge < -0.3 is 5.32 Å². The third kappa shape index (κ3) is 5.14. The minimum atomic E-state index is -0.294. The van der Waals surface area contributed by atoms with Crippen molar-refractivity contribution in [1.82, 2.24) is 30.4 Å². The van der Waals surface area contributed by atoms with Gasteiger partial charge in [-0.05, 0) is 54.3 Å². The van der Waals surface area contributed by atoms with Gasteiger partial charge in [0.05, 0.1) is 10.9 Å². The molecule has 31 heavy (non-hydrogen) atoms. The van der Waals surface area contributed by atoms with E-state index in [0.29, 0.717) is 5.16 Å². The molecule has 2 heterocycles. The first-order valence-electron chi connectivity index (χ1n) is 10.6. The van der Waals surface area contributed by atoms with Crippen molar-refractivity contribution >= 4 is 17.7 Å². The number of nitrogens with one attached hydrogen (secondary N) is 1. The number of para-hydroxylation sites is 1. The molecule has 2 unspecified atom stereocenters. The van der Waals surface area contributed by atoms with Crippen LogP contribution in [0.1, 0.15) is 30.0 Å². The number of aryl methyl sites for hydroxylation is 2. The second-order valence-corrected chi connectivity index (χ2v) is 9.40. The Kier molecular flexibility index (Phi) is 6.67. The lowest BCUT2D eigenvalue weighted by atomic mass is 10.1. The summed E-state index contributed by atoms with van der Waals surface area (Å²) in [4.78, 5) is 15.2. The van der Waals surface area contributed by atoms with Crippen molar-refractivity contribution in [2.45, 2.75) is 50.2 Å². The molecule has 0 bridgehead atoms. The van der Waals surface area contributed by atoms with Crippen LogP contribution in [0.15, 0.2) is 53.7 Å². The number of thioether (sulfide) groups is 1. The Hall–Kier alpha value is -2.71. The maximum atomic E-state index is 12.8. The maximum absolute atomic E-state index is 12.8. The molecule has 1 aliphatic rings. The summed E-state index contributed by atoms with van der Waals surface area (Å²) in [5.74, 6) is 0.0209. The smallest absolute Gasteiger partial charge is 0.233 e. The molecule has 1 aliphatic heterocycles. The van der Waals surface area contributed by atoms with Crippen molar-refractivity contribution in [1.29, 1.82) is 0 Å². The molecule has 4 rings (SSSR count). The molecule has 1 aromatic heterocycles. The van der Waals surface area contributed by atoms with Gasteiger partial charge in [0.15, 0.2) is 0 Å². The van der Waals surface area contributed by atoms with Crippen LogP contribution in [-0.4, -0.2) is 55.4 Å². The van der Waals surface area contributed by atoms with Gasteiger partial charge in [0.25, 0.3) is 0 Å². The van der Waals surface area contributed by atoms with Gasteiger partial charge in [-0.15, -0.1) is 5.10 Å². The molecule has 0 spiro atoms. The highest BCUT2D eigenvalue weighted by molar-refractivity contribution is 8.00. The summed E-state index contributed by atoms with van der Waals surface area (Å²) in [6.45, 7) is 8.76. The van der Waals surface area contributed by atoms with Gasteiger partial charge in [-0.3, -0.25) is 9.69 Å². The number of rotatable bonds is 7. The first-order chi connectivity index (χ1) is 15.0. The summed E-state index contributed by atoms with van der Waals surface area (Å²) in [6, 6.07) is 16.7. The molecule has 1 N–H and O–H groups in total. The number of aromatic nitrogens is 4. The van der Waals surface area contributed by atoms with Crippen molar-refractivity contribution in [3.8, 4) is 5.69 Å². The first kappa shape index (κ1) is 21.5. The molecule has 7 nitrogen and oxygen atoms in total. The Morgan fingerprint density at radius 3 is 2.65 bits per heavy atom. The van der Waals surface area contributed by atoms with E-state index in [-0.39, 0.29) is 17.2 Å². The number of carbonyl (C=O) groups is 1. The molecule has 1 amide bonds. The second-order valence-electron chi connectivity index (χ2n) is 8.09. The largest absolute Gasteiger partial charge is 0.351 e. The first-order valence-corrected chi connectivity index (χ1v) is 11.5. The molecule has 1 fully saturated rings. The molecular formula is C23H28N6OS. The lowest BCUT2D eigenvalue weighted by molar-refractivity contribution is -0.120. The van der Waals surface area contributed by atoms with Crippen molar-refractivity contribution in [3.05, 3.63) is 65.2 Å². The minimum absolute atomic E-state index is 0.0209. The number of hydrogen-bond acceptors (Lipinski definition) is 6. The number of hydrogen-bond donors (Lipinski definition) is 1. The second kappa shape index (κ2) is 9.62. The van der Waals surface area contributed by atoms with Crippen molar-refractivity contribution in [2.75, 3.05) is 13.1 Å². The van der Waals surface area contributed by atoms with Crippen LogP contribution in [0.4, 0.5) is 0 Å². The quantitative estimate of drug-likeness (QED) is 0.574. The van der Waals surface area contributed by atoms with Crippen molar-refractivity contribution < 1.29 is 4.79 Å². The number of tetrazole rings is 1. The van der Waals surface area contributed by atoms with E-state index in [9.17, 15) is 4.79 Å². The van der Waals surface area contributed by atoms with E-state index in [2.05, 4.69) is 50.0 Å². The summed E-state index contributed by atoms with van der Waals surface area (Å²) in [6.07, 6.45) is 0.968. The molecule has 3 aromatic rings. The monoisotopic (exact) mass is 436 g/mol. The van der Waals surface area contributed by atoms with E-state index in [0.717, 1.165) is 42.9 Å². The molecule has 2 aromatic carbocycles. The van der Waals surface area contributed by atoms with Crippen molar-refractivity contribution in [2.24, 2.45) is 0 Å². The Bertz CT molecular complexity index is 1020. The topological polar surface area (TPSA) is 75.9 Å². The van der Waals surface area contributed by atoms with Gasteiger partial charge in [-0.25, -0.2) is 0 Å². The number of amides is 1. The number of benzene rings is 2. The Labute approximate surface area is 187 Å². The van der Waals surface area contributed by atoms with Gasteiger partial charge in [0.2, 0.25) is 11.1 Å². The van der Waals surface area contributed by atoms with Crippen molar-refractivity contribution in [3.63, 3.8) is 0 Å². The standard InChI is InChI=1S/C23H28N6OS/c1-16-8-7-9-17(2)21(16)29-23(25-26-27-29)31-18(3)22(30)24-20-12-13-28(15-20)14-19-10-5-4-6-11-19/h4-11,18,20H,12-15H2,1-3H3,(H,24,30). The van der Waals surface area contributed by atoms with Crippen LogP contribution in [0, 0.1) is 13.8 Å². The van der Waals surface area contributed by atoms with E-state index < -0.39 is 0 Å². The van der Waals surface area contributed by atoms with Crippen LogP contribution >= 0.6 is 11.8 Å². The highest BCUT2D eigenvalue weighted by Gasteiger charge is 2.27. The molecular weight excluding hydrogens is 408 g/mol. The fourth-order valence-electron chi connectivity index (χ4n) is 4.00. The van der Waals surface area contributed by atoms with Gasteiger partial charge in [-0.1, -0.05) is 60.3 Å².